The van der Waals surface area contributed by atoms with Crippen molar-refractivity contribution >= 4 is 11.6 Å². The van der Waals surface area contributed by atoms with Gasteiger partial charge in [-0.2, -0.15) is 0 Å². The second-order valence-corrected chi connectivity index (χ2v) is 5.15. The van der Waals surface area contributed by atoms with Gasteiger partial charge in [0.25, 0.3) is 0 Å². The maximum absolute atomic E-state index is 9.10. The largest absolute Gasteiger partial charge is 0.460 e. The fourth-order valence-corrected chi connectivity index (χ4v) is 2.35. The van der Waals surface area contributed by atoms with Crippen LogP contribution in [0.25, 0.3) is 11.3 Å². The van der Waals surface area contributed by atoms with Crippen molar-refractivity contribution in [1.82, 2.24) is 4.90 Å². The number of aliphatic hydroxyl groups is 1. The third-order valence-corrected chi connectivity index (χ3v) is 3.54. The van der Waals surface area contributed by atoms with E-state index in [1.165, 1.54) is 0 Å². The molecule has 1 N–H and O–H groups in total. The van der Waals surface area contributed by atoms with Gasteiger partial charge in [-0.05, 0) is 24.3 Å². The number of aliphatic hydroxyl groups excluding tert-OH is 1. The van der Waals surface area contributed by atoms with Gasteiger partial charge < -0.3 is 14.3 Å². The highest BCUT2D eigenvalue weighted by Gasteiger charge is 2.11. The average molecular weight is 310 g/mol. The average Bonchev–Trinajstić information content (AvgIpc) is 2.94. The molecule has 0 aliphatic heterocycles. The Kier molecular flexibility index (Phi) is 6.26. The van der Waals surface area contributed by atoms with Crippen LogP contribution in [0.3, 0.4) is 0 Å². The first-order valence-corrected chi connectivity index (χ1v) is 7.28. The Morgan fingerprint density at radius 2 is 2.00 bits per heavy atom. The molecule has 0 bridgehead atoms. The number of benzene rings is 1. The summed E-state index contributed by atoms with van der Waals surface area (Å²) >= 11 is 6.17. The lowest BCUT2D eigenvalue weighted by Gasteiger charge is -2.19. The fourth-order valence-electron chi connectivity index (χ4n) is 2.12. The Hall–Kier alpha value is -1.33. The number of rotatable bonds is 8. The van der Waals surface area contributed by atoms with Gasteiger partial charge in [0.05, 0.1) is 24.8 Å². The Balaban J connectivity index is 2.06. The van der Waals surface area contributed by atoms with Crippen LogP contribution in [0.4, 0.5) is 0 Å². The minimum absolute atomic E-state index is 0.113. The molecule has 1 aromatic carbocycles. The van der Waals surface area contributed by atoms with Crippen LogP contribution in [0, 0.1) is 0 Å². The molecule has 2 aromatic rings. The molecule has 0 aliphatic carbocycles. The van der Waals surface area contributed by atoms with Gasteiger partial charge in [0.2, 0.25) is 0 Å². The molecule has 0 saturated carbocycles. The number of hydrogen-bond donors (Lipinski definition) is 1. The number of halogens is 1. The van der Waals surface area contributed by atoms with Gasteiger partial charge in [0.1, 0.15) is 11.5 Å². The summed E-state index contributed by atoms with van der Waals surface area (Å²) in [6, 6.07) is 11.5. The maximum Gasteiger partial charge on any atom is 0.135 e. The molecule has 0 amide bonds. The minimum Gasteiger partial charge on any atom is -0.460 e. The normalized spacial score (nSPS) is 11.2. The zero-order valence-electron chi connectivity index (χ0n) is 12.1. The lowest BCUT2D eigenvalue weighted by atomic mass is 10.2. The van der Waals surface area contributed by atoms with E-state index < -0.39 is 0 Å². The molecule has 21 heavy (non-hydrogen) atoms. The molecule has 1 aromatic heterocycles. The lowest BCUT2D eigenvalue weighted by molar-refractivity contribution is 0.122. The van der Waals surface area contributed by atoms with Crippen LogP contribution >= 0.6 is 11.6 Å². The number of methoxy groups -OCH3 is 1. The van der Waals surface area contributed by atoms with Crippen LogP contribution < -0.4 is 0 Å². The predicted octanol–water partition coefficient (Wildman–Crippen LogP) is 3.04. The van der Waals surface area contributed by atoms with E-state index in [9.17, 15) is 0 Å². The zero-order chi connectivity index (χ0) is 15.1. The van der Waals surface area contributed by atoms with Gasteiger partial charge >= 0.3 is 0 Å². The van der Waals surface area contributed by atoms with E-state index in [2.05, 4.69) is 4.90 Å². The topological polar surface area (TPSA) is 45.8 Å². The highest BCUT2D eigenvalue weighted by Crippen LogP contribution is 2.29. The second-order valence-electron chi connectivity index (χ2n) is 4.74. The van der Waals surface area contributed by atoms with E-state index in [4.69, 9.17) is 25.9 Å². The first kappa shape index (κ1) is 16.0. The molecule has 4 nitrogen and oxygen atoms in total. The van der Waals surface area contributed by atoms with Crippen LogP contribution in [0.5, 0.6) is 0 Å². The minimum atomic E-state index is 0.113. The highest BCUT2D eigenvalue weighted by atomic mass is 35.5. The van der Waals surface area contributed by atoms with E-state index in [-0.39, 0.29) is 6.61 Å². The summed E-state index contributed by atoms with van der Waals surface area (Å²) in [6.45, 7) is 2.71. The quantitative estimate of drug-likeness (QED) is 0.814. The predicted molar refractivity (Wildman–Crippen MR) is 83.4 cm³/mol. The highest BCUT2D eigenvalue weighted by molar-refractivity contribution is 6.33. The van der Waals surface area contributed by atoms with Crippen molar-refractivity contribution in [1.29, 1.82) is 0 Å². The Morgan fingerprint density at radius 1 is 1.19 bits per heavy atom. The van der Waals surface area contributed by atoms with E-state index in [1.54, 1.807) is 7.11 Å². The number of nitrogens with zero attached hydrogens (tertiary/aromatic N) is 1. The van der Waals surface area contributed by atoms with Gasteiger partial charge in [-0.3, -0.25) is 4.90 Å². The summed E-state index contributed by atoms with van der Waals surface area (Å²) in [4.78, 5) is 2.08. The van der Waals surface area contributed by atoms with Crippen molar-refractivity contribution in [3.05, 3.63) is 47.2 Å². The molecule has 5 heteroatoms. The van der Waals surface area contributed by atoms with Crippen LogP contribution in [0.2, 0.25) is 5.02 Å². The Labute approximate surface area is 129 Å². The molecule has 0 fully saturated rings. The van der Waals surface area contributed by atoms with Gasteiger partial charge in [-0.25, -0.2) is 0 Å². The van der Waals surface area contributed by atoms with Crippen molar-refractivity contribution in [2.24, 2.45) is 0 Å². The molecule has 114 valence electrons. The molecular formula is C16H20ClNO3. The molecule has 2 rings (SSSR count). The standard InChI is InChI=1S/C16H20ClNO3/c1-20-11-9-18(8-10-19)12-13-6-7-16(21-13)14-4-2-3-5-15(14)17/h2-7,19H,8-12H2,1H3. The van der Waals surface area contributed by atoms with Crippen molar-refractivity contribution in [3.8, 4) is 11.3 Å². The summed E-state index contributed by atoms with van der Waals surface area (Å²) in [5.41, 5.74) is 0.885. The van der Waals surface area contributed by atoms with E-state index in [0.717, 1.165) is 23.6 Å². The van der Waals surface area contributed by atoms with Crippen LogP contribution in [-0.2, 0) is 11.3 Å². The molecule has 0 unspecified atom stereocenters. The lowest BCUT2D eigenvalue weighted by Crippen LogP contribution is -2.29. The van der Waals surface area contributed by atoms with E-state index in [1.807, 2.05) is 36.4 Å². The molecule has 0 aliphatic rings. The van der Waals surface area contributed by atoms with Crippen molar-refractivity contribution in [2.45, 2.75) is 6.54 Å². The molecule has 0 spiro atoms. The Morgan fingerprint density at radius 3 is 2.71 bits per heavy atom. The first-order valence-electron chi connectivity index (χ1n) is 6.90. The van der Waals surface area contributed by atoms with Gasteiger partial charge in [0.15, 0.2) is 0 Å². The number of furan rings is 1. The number of hydrogen-bond acceptors (Lipinski definition) is 4. The summed E-state index contributed by atoms with van der Waals surface area (Å²) in [7, 11) is 1.67. The molecule has 0 radical (unpaired) electrons. The SMILES string of the molecule is COCCN(CCO)Cc1ccc(-c2ccccc2Cl)o1. The first-order chi connectivity index (χ1) is 10.2. The summed E-state index contributed by atoms with van der Waals surface area (Å²) in [5, 5.41) is 9.77. The maximum atomic E-state index is 9.10. The smallest absolute Gasteiger partial charge is 0.135 e. The third kappa shape index (κ3) is 4.58. The van der Waals surface area contributed by atoms with Gasteiger partial charge in [-0.1, -0.05) is 23.7 Å². The molecular weight excluding hydrogens is 290 g/mol. The molecule has 0 saturated heterocycles. The second kappa shape index (κ2) is 8.20. The van der Waals surface area contributed by atoms with E-state index in [0.29, 0.717) is 24.7 Å². The molecule has 0 atom stereocenters. The van der Waals surface area contributed by atoms with E-state index >= 15 is 0 Å². The van der Waals surface area contributed by atoms with Crippen LogP contribution in [0.15, 0.2) is 40.8 Å². The summed E-state index contributed by atoms with van der Waals surface area (Å²) < 4.78 is 10.9. The molecule has 1 heterocycles. The van der Waals surface area contributed by atoms with Gasteiger partial charge in [-0.15, -0.1) is 0 Å². The van der Waals surface area contributed by atoms with Gasteiger partial charge in [0, 0.05) is 25.8 Å². The fraction of sp³-hybridized carbons (Fsp3) is 0.375. The zero-order valence-corrected chi connectivity index (χ0v) is 12.8. The summed E-state index contributed by atoms with van der Waals surface area (Å²) in [6.07, 6.45) is 0. The number of ether oxygens (including phenoxy) is 1. The Bertz CT molecular complexity index is 556. The van der Waals surface area contributed by atoms with Crippen LogP contribution in [-0.4, -0.2) is 43.4 Å². The monoisotopic (exact) mass is 309 g/mol. The van der Waals surface area contributed by atoms with Crippen molar-refractivity contribution < 1.29 is 14.3 Å². The van der Waals surface area contributed by atoms with Crippen molar-refractivity contribution in [3.63, 3.8) is 0 Å². The third-order valence-electron chi connectivity index (χ3n) is 3.21. The summed E-state index contributed by atoms with van der Waals surface area (Å²) in [5.74, 6) is 1.60. The van der Waals surface area contributed by atoms with Crippen LogP contribution in [0.1, 0.15) is 5.76 Å². The van der Waals surface area contributed by atoms with Crippen molar-refractivity contribution in [2.75, 3.05) is 33.4 Å².